The van der Waals surface area contributed by atoms with Gasteiger partial charge in [-0.1, -0.05) is 13.5 Å². The van der Waals surface area contributed by atoms with Crippen LogP contribution in [0.15, 0.2) is 11.8 Å². The van der Waals surface area contributed by atoms with Gasteiger partial charge in [0.25, 0.3) is 0 Å². The summed E-state index contributed by atoms with van der Waals surface area (Å²) in [6.45, 7) is 11.3. The van der Waals surface area contributed by atoms with E-state index in [9.17, 15) is 0 Å². The molecule has 0 aliphatic heterocycles. The maximum Gasteiger partial charge on any atom is 0.185 e. The second-order valence-electron chi connectivity index (χ2n) is 2.75. The molecule has 72 valence electrons. The Bertz CT molecular complexity index is 139. The molecule has 0 aromatic carbocycles. The van der Waals surface area contributed by atoms with Crippen LogP contribution in [-0.4, -0.2) is 29.2 Å². The Kier molecular flexibility index (Phi) is 5.45. The van der Waals surface area contributed by atoms with Gasteiger partial charge in [0, 0.05) is 29.9 Å². The number of hydrogen-bond acceptors (Lipinski definition) is 2. The smallest absolute Gasteiger partial charge is 0.185 e. The monoisotopic (exact) mass is 188 g/mol. The molecule has 0 aliphatic carbocycles. The lowest BCUT2D eigenvalue weighted by molar-refractivity contribution is -0.203. The number of rotatable bonds is 6. The summed E-state index contributed by atoms with van der Waals surface area (Å²) in [5.41, 5.74) is 0. The van der Waals surface area contributed by atoms with Gasteiger partial charge < -0.3 is 9.47 Å². The second kappa shape index (κ2) is 5.51. The molecule has 0 bridgehead atoms. The zero-order valence-electron chi connectivity index (χ0n) is 8.64. The number of hydrogen-bond donors (Lipinski definition) is 0. The Hall–Kier alpha value is -0.123. The highest BCUT2D eigenvalue weighted by Crippen LogP contribution is 2.23. The van der Waals surface area contributed by atoms with E-state index < -0.39 is 5.79 Å². The van der Waals surface area contributed by atoms with E-state index in [4.69, 9.17) is 9.47 Å². The van der Waals surface area contributed by atoms with Crippen molar-refractivity contribution in [1.29, 1.82) is 0 Å². The van der Waals surface area contributed by atoms with Crippen molar-refractivity contribution in [3.63, 3.8) is 0 Å². The van der Waals surface area contributed by atoms with E-state index in [2.05, 4.69) is 13.5 Å². The molecule has 0 atom stereocenters. The molecule has 0 amide bonds. The van der Waals surface area contributed by atoms with Gasteiger partial charge in [-0.2, -0.15) is 0 Å². The maximum absolute atomic E-state index is 5.59. The lowest BCUT2D eigenvalue weighted by atomic mass is 10.2. The van der Waals surface area contributed by atoms with E-state index in [1.165, 1.54) is 0 Å². The average Bonchev–Trinajstić information content (AvgIpc) is 2.03. The molecule has 0 rings (SSSR count). The highest BCUT2D eigenvalue weighted by molar-refractivity contribution is 6.22. The van der Waals surface area contributed by atoms with Crippen LogP contribution in [-0.2, 0) is 9.47 Å². The molecule has 0 N–H and O–H groups in total. The molecule has 0 fully saturated rings. The summed E-state index contributed by atoms with van der Waals surface area (Å²) in [4.78, 5) is 0. The Labute approximate surface area is 78.4 Å². The van der Waals surface area contributed by atoms with Crippen LogP contribution in [0.5, 0.6) is 0 Å². The first-order valence-corrected chi connectivity index (χ1v) is 5.56. The van der Waals surface area contributed by atoms with Crippen LogP contribution in [0.3, 0.4) is 0 Å². The van der Waals surface area contributed by atoms with Crippen molar-refractivity contribution >= 4 is 10.2 Å². The molecule has 3 heteroatoms. The SMILES string of the molecule is C=C([SiH3])C(CC)(OCC)OCC. The van der Waals surface area contributed by atoms with Crippen LogP contribution in [0.25, 0.3) is 0 Å². The summed E-state index contributed by atoms with van der Waals surface area (Å²) >= 11 is 0. The lowest BCUT2D eigenvalue weighted by Gasteiger charge is -2.32. The summed E-state index contributed by atoms with van der Waals surface area (Å²) in [7, 11) is 0.920. The van der Waals surface area contributed by atoms with Crippen molar-refractivity contribution in [2.24, 2.45) is 0 Å². The molecule has 0 aliphatic rings. The van der Waals surface area contributed by atoms with Crippen LogP contribution in [0.1, 0.15) is 27.2 Å². The van der Waals surface area contributed by atoms with Crippen LogP contribution in [0, 0.1) is 0 Å². The summed E-state index contributed by atoms with van der Waals surface area (Å²) in [5, 5.41) is 1.08. The fourth-order valence-corrected chi connectivity index (χ4v) is 1.90. The van der Waals surface area contributed by atoms with Crippen molar-refractivity contribution in [3.8, 4) is 0 Å². The third-order valence-electron chi connectivity index (χ3n) is 1.87. The van der Waals surface area contributed by atoms with E-state index in [-0.39, 0.29) is 0 Å². The van der Waals surface area contributed by atoms with Gasteiger partial charge in [0.2, 0.25) is 0 Å². The van der Waals surface area contributed by atoms with Crippen molar-refractivity contribution < 1.29 is 9.47 Å². The van der Waals surface area contributed by atoms with Gasteiger partial charge in [0.15, 0.2) is 5.79 Å². The Morgan fingerprint density at radius 2 is 1.67 bits per heavy atom. The van der Waals surface area contributed by atoms with Crippen LogP contribution >= 0.6 is 0 Å². The topological polar surface area (TPSA) is 18.5 Å². The zero-order chi connectivity index (χ0) is 9.61. The Balaban J connectivity index is 4.39. The van der Waals surface area contributed by atoms with Gasteiger partial charge >= 0.3 is 0 Å². The maximum atomic E-state index is 5.59. The van der Waals surface area contributed by atoms with E-state index in [0.29, 0.717) is 13.2 Å². The van der Waals surface area contributed by atoms with Crippen LogP contribution < -0.4 is 0 Å². The third kappa shape index (κ3) is 2.73. The van der Waals surface area contributed by atoms with E-state index in [0.717, 1.165) is 21.9 Å². The van der Waals surface area contributed by atoms with Crippen LogP contribution in [0.4, 0.5) is 0 Å². The lowest BCUT2D eigenvalue weighted by Crippen LogP contribution is -2.37. The number of ether oxygens (including phenoxy) is 2. The standard InChI is InChI=1S/C9H20O2Si/c1-5-9(8(4)12,10-6-2)11-7-3/h4-7H2,1-3,12H3. The van der Waals surface area contributed by atoms with Crippen molar-refractivity contribution in [3.05, 3.63) is 11.8 Å². The summed E-state index contributed by atoms with van der Waals surface area (Å²) < 4.78 is 11.2. The molecule has 0 saturated heterocycles. The molecular weight excluding hydrogens is 168 g/mol. The molecule has 0 aromatic rings. The van der Waals surface area contributed by atoms with Gasteiger partial charge in [0.1, 0.15) is 0 Å². The molecule has 0 spiro atoms. The van der Waals surface area contributed by atoms with Crippen molar-refractivity contribution in [2.75, 3.05) is 13.2 Å². The van der Waals surface area contributed by atoms with Crippen LogP contribution in [0.2, 0.25) is 0 Å². The summed E-state index contributed by atoms with van der Waals surface area (Å²) in [6, 6.07) is 0. The predicted octanol–water partition coefficient (Wildman–Crippen LogP) is 1.04. The Morgan fingerprint density at radius 3 is 1.83 bits per heavy atom. The third-order valence-corrected chi connectivity index (χ3v) is 2.63. The zero-order valence-corrected chi connectivity index (χ0v) is 10.6. The van der Waals surface area contributed by atoms with E-state index >= 15 is 0 Å². The van der Waals surface area contributed by atoms with Gasteiger partial charge in [-0.15, -0.1) is 0 Å². The van der Waals surface area contributed by atoms with Crippen molar-refractivity contribution in [2.45, 2.75) is 33.0 Å². The van der Waals surface area contributed by atoms with E-state index in [1.807, 2.05) is 13.8 Å². The Morgan fingerprint density at radius 1 is 1.25 bits per heavy atom. The minimum atomic E-state index is -0.490. The highest BCUT2D eigenvalue weighted by Gasteiger charge is 2.29. The summed E-state index contributed by atoms with van der Waals surface area (Å²) in [6.07, 6.45) is 0.844. The van der Waals surface area contributed by atoms with Gasteiger partial charge in [-0.05, 0) is 19.0 Å². The second-order valence-corrected chi connectivity index (χ2v) is 3.96. The normalized spacial score (nSPS) is 11.9. The molecule has 0 saturated carbocycles. The highest BCUT2D eigenvalue weighted by atomic mass is 28.1. The minimum absolute atomic E-state index is 0.490. The quantitative estimate of drug-likeness (QED) is 0.458. The first kappa shape index (κ1) is 11.9. The molecule has 2 nitrogen and oxygen atoms in total. The van der Waals surface area contributed by atoms with Crippen molar-refractivity contribution in [1.82, 2.24) is 0 Å². The predicted molar refractivity (Wildman–Crippen MR) is 55.4 cm³/mol. The molecule has 0 unspecified atom stereocenters. The summed E-state index contributed by atoms with van der Waals surface area (Å²) in [5.74, 6) is -0.490. The fraction of sp³-hybridized carbons (Fsp3) is 0.778. The first-order chi connectivity index (χ1) is 5.63. The largest absolute Gasteiger partial charge is 0.347 e. The van der Waals surface area contributed by atoms with E-state index in [1.54, 1.807) is 0 Å². The van der Waals surface area contributed by atoms with Gasteiger partial charge in [-0.25, -0.2) is 0 Å². The molecule has 0 aromatic heterocycles. The molecule has 12 heavy (non-hydrogen) atoms. The molecule has 0 heterocycles. The van der Waals surface area contributed by atoms with Gasteiger partial charge in [-0.3, -0.25) is 0 Å². The van der Waals surface area contributed by atoms with Gasteiger partial charge in [0.05, 0.1) is 0 Å². The molecular formula is C9H20O2Si. The fourth-order valence-electron chi connectivity index (χ4n) is 1.26. The molecule has 0 radical (unpaired) electrons. The minimum Gasteiger partial charge on any atom is -0.347 e. The first-order valence-electron chi connectivity index (χ1n) is 4.56. The average molecular weight is 188 g/mol.